The largest absolute Gasteiger partial charge is 0.497 e. The first kappa shape index (κ1) is 27.2. The molecule has 12 heteroatoms. The molecule has 9 nitrogen and oxygen atoms in total. The van der Waals surface area contributed by atoms with Crippen LogP contribution >= 0.6 is 0 Å². The number of methoxy groups -OCH3 is 1. The molecule has 0 unspecified atom stereocenters. The first-order valence-corrected chi connectivity index (χ1v) is 11.0. The number of aliphatic hydroxyl groups excluding tert-OH is 1. The van der Waals surface area contributed by atoms with Gasteiger partial charge in [0.2, 0.25) is 0 Å². The van der Waals surface area contributed by atoms with Crippen LogP contribution in [0.5, 0.6) is 5.75 Å². The molecule has 3 atom stereocenters. The Morgan fingerprint density at radius 1 is 1.25 bits per heavy atom. The lowest BCUT2D eigenvalue weighted by molar-refractivity contribution is -0.139. The van der Waals surface area contributed by atoms with Gasteiger partial charge in [-0.1, -0.05) is 25.7 Å². The highest BCUT2D eigenvalue weighted by Crippen LogP contribution is 2.32. The summed E-state index contributed by atoms with van der Waals surface area (Å²) in [6, 6.07) is 5.15. The fourth-order valence-corrected chi connectivity index (χ4v) is 3.62. The SMILES string of the molecule is COc1ccc(C(=O)n2c(=O)c(C(F)(F)F)cn([C@H]3C[C@H](OCC#CC(C)C)[C@@H](CO)O3)c2=O)cc1. The molecule has 0 saturated carbocycles. The summed E-state index contributed by atoms with van der Waals surface area (Å²) in [5.74, 6) is 4.88. The molecule has 1 aliphatic rings. The Morgan fingerprint density at radius 3 is 2.47 bits per heavy atom. The Kier molecular flexibility index (Phi) is 8.39. The maximum absolute atomic E-state index is 13.7. The zero-order chi connectivity index (χ0) is 26.6. The van der Waals surface area contributed by atoms with Crippen molar-refractivity contribution in [3.8, 4) is 17.6 Å². The predicted molar refractivity (Wildman–Crippen MR) is 121 cm³/mol. The molecular weight excluding hydrogens is 485 g/mol. The van der Waals surface area contributed by atoms with Crippen LogP contribution in [0.25, 0.3) is 0 Å². The van der Waals surface area contributed by atoms with Crippen molar-refractivity contribution in [2.24, 2.45) is 5.92 Å². The molecule has 1 aromatic heterocycles. The minimum Gasteiger partial charge on any atom is -0.497 e. The average Bonchev–Trinajstić information content (AvgIpc) is 3.23. The maximum Gasteiger partial charge on any atom is 0.423 e. The van der Waals surface area contributed by atoms with Crippen molar-refractivity contribution in [1.29, 1.82) is 0 Å². The summed E-state index contributed by atoms with van der Waals surface area (Å²) < 4.78 is 57.7. The second-order valence-corrected chi connectivity index (χ2v) is 8.28. The summed E-state index contributed by atoms with van der Waals surface area (Å²) in [5.41, 5.74) is -5.06. The van der Waals surface area contributed by atoms with Crippen LogP contribution in [0.4, 0.5) is 13.2 Å². The van der Waals surface area contributed by atoms with Gasteiger partial charge in [0.1, 0.15) is 30.3 Å². The number of aliphatic hydroxyl groups is 1. The van der Waals surface area contributed by atoms with Crippen molar-refractivity contribution in [2.75, 3.05) is 20.3 Å². The van der Waals surface area contributed by atoms with E-state index in [0.29, 0.717) is 16.5 Å². The van der Waals surface area contributed by atoms with E-state index in [-0.39, 0.29) is 29.1 Å². The number of hydrogen-bond donors (Lipinski definition) is 1. The monoisotopic (exact) mass is 510 g/mol. The van der Waals surface area contributed by atoms with Gasteiger partial charge >= 0.3 is 11.9 Å². The van der Waals surface area contributed by atoms with Crippen LogP contribution in [0.2, 0.25) is 0 Å². The Balaban J connectivity index is 2.03. The van der Waals surface area contributed by atoms with Gasteiger partial charge in [-0.2, -0.15) is 17.7 Å². The molecule has 2 heterocycles. The van der Waals surface area contributed by atoms with Crippen LogP contribution in [0.3, 0.4) is 0 Å². The molecule has 36 heavy (non-hydrogen) atoms. The lowest BCUT2D eigenvalue weighted by Crippen LogP contribution is -2.47. The first-order chi connectivity index (χ1) is 17.0. The Hall–Kier alpha value is -3.40. The quantitative estimate of drug-likeness (QED) is 0.593. The second kappa shape index (κ2) is 11.1. The number of alkyl halides is 3. The normalized spacial score (nSPS) is 19.7. The molecule has 3 rings (SSSR count). The van der Waals surface area contributed by atoms with Crippen LogP contribution in [-0.2, 0) is 15.7 Å². The molecule has 1 N–H and O–H groups in total. The zero-order valence-electron chi connectivity index (χ0n) is 19.7. The molecular formula is C24H25F3N2O7. The number of aromatic nitrogens is 2. The van der Waals surface area contributed by atoms with Crippen LogP contribution in [0.1, 0.15) is 42.4 Å². The lowest BCUT2D eigenvalue weighted by atomic mass is 10.2. The third-order valence-electron chi connectivity index (χ3n) is 5.39. The van der Waals surface area contributed by atoms with Gasteiger partial charge < -0.3 is 19.3 Å². The number of ether oxygens (including phenoxy) is 3. The Bertz CT molecular complexity index is 1270. The topological polar surface area (TPSA) is 109 Å². The van der Waals surface area contributed by atoms with E-state index in [0.717, 1.165) is 0 Å². The lowest BCUT2D eigenvalue weighted by Gasteiger charge is -2.18. The number of benzene rings is 1. The van der Waals surface area contributed by atoms with Crippen LogP contribution in [0.15, 0.2) is 40.1 Å². The summed E-state index contributed by atoms with van der Waals surface area (Å²) in [6.07, 6.45) is -8.06. The summed E-state index contributed by atoms with van der Waals surface area (Å²) >= 11 is 0. The van der Waals surface area contributed by atoms with Crippen molar-refractivity contribution in [1.82, 2.24) is 9.13 Å². The van der Waals surface area contributed by atoms with Gasteiger partial charge in [0.25, 0.3) is 11.5 Å². The van der Waals surface area contributed by atoms with E-state index in [1.54, 1.807) is 0 Å². The number of carbonyl (C=O) groups is 1. The maximum atomic E-state index is 13.7. The van der Waals surface area contributed by atoms with E-state index in [1.165, 1.54) is 31.4 Å². The van der Waals surface area contributed by atoms with Crippen molar-refractivity contribution in [2.45, 2.75) is 44.9 Å². The number of hydrogen-bond acceptors (Lipinski definition) is 7. The molecule has 1 aromatic carbocycles. The number of halogens is 3. The van der Waals surface area contributed by atoms with E-state index in [1.807, 2.05) is 13.8 Å². The molecule has 0 radical (unpaired) electrons. The van der Waals surface area contributed by atoms with Crippen molar-refractivity contribution >= 4 is 5.91 Å². The van der Waals surface area contributed by atoms with Crippen molar-refractivity contribution in [3.63, 3.8) is 0 Å². The molecule has 1 saturated heterocycles. The Morgan fingerprint density at radius 2 is 1.92 bits per heavy atom. The van der Waals surface area contributed by atoms with Gasteiger partial charge in [-0.25, -0.2) is 4.79 Å². The molecule has 0 aliphatic carbocycles. The minimum atomic E-state index is -5.16. The third kappa shape index (κ3) is 5.87. The van der Waals surface area contributed by atoms with Crippen LogP contribution < -0.4 is 16.0 Å². The van der Waals surface area contributed by atoms with Crippen LogP contribution in [-0.4, -0.2) is 52.7 Å². The predicted octanol–water partition coefficient (Wildman–Crippen LogP) is 2.05. The van der Waals surface area contributed by atoms with E-state index >= 15 is 0 Å². The average molecular weight is 510 g/mol. The highest BCUT2D eigenvalue weighted by atomic mass is 19.4. The fraction of sp³-hybridized carbons (Fsp3) is 0.458. The van der Waals surface area contributed by atoms with Gasteiger partial charge in [0.15, 0.2) is 0 Å². The molecule has 0 bridgehead atoms. The van der Waals surface area contributed by atoms with E-state index in [9.17, 15) is 32.7 Å². The molecule has 0 amide bonds. The van der Waals surface area contributed by atoms with E-state index in [4.69, 9.17) is 14.2 Å². The Labute approximate surface area is 204 Å². The highest BCUT2D eigenvalue weighted by Gasteiger charge is 2.41. The number of carbonyl (C=O) groups excluding carboxylic acids is 1. The van der Waals surface area contributed by atoms with Gasteiger partial charge in [0.05, 0.1) is 19.8 Å². The van der Waals surface area contributed by atoms with Crippen LogP contribution in [0, 0.1) is 17.8 Å². The molecule has 1 fully saturated rings. The van der Waals surface area contributed by atoms with Crippen molar-refractivity contribution < 1.29 is 37.3 Å². The smallest absolute Gasteiger partial charge is 0.423 e. The standard InChI is InChI=1S/C24H25F3N2O7/c1-14(2)5-4-10-35-18-11-20(36-19(18)13-30)28-12-17(24(25,26)27)22(32)29(23(28)33)21(31)15-6-8-16(34-3)9-7-15/h6-9,12,14,18-20,30H,10-11,13H2,1-3H3/t18-,19+,20+/m0/s1. The number of rotatable bonds is 6. The fourth-order valence-electron chi connectivity index (χ4n) is 3.62. The van der Waals surface area contributed by atoms with Gasteiger partial charge in [-0.3, -0.25) is 14.2 Å². The molecule has 1 aliphatic heterocycles. The van der Waals surface area contributed by atoms with Gasteiger partial charge in [-0.05, 0) is 24.3 Å². The number of nitrogens with zero attached hydrogens (tertiary/aromatic N) is 2. The highest BCUT2D eigenvalue weighted by molar-refractivity contribution is 5.95. The van der Waals surface area contributed by atoms with Crippen molar-refractivity contribution in [3.05, 3.63) is 62.4 Å². The minimum absolute atomic E-state index is 0.0203. The second-order valence-electron chi connectivity index (χ2n) is 8.28. The van der Waals surface area contributed by atoms with E-state index < -0.39 is 53.9 Å². The summed E-state index contributed by atoms with van der Waals surface area (Å²) in [4.78, 5) is 38.7. The molecule has 2 aromatic rings. The summed E-state index contributed by atoms with van der Waals surface area (Å²) in [7, 11) is 1.38. The molecule has 194 valence electrons. The molecule has 0 spiro atoms. The summed E-state index contributed by atoms with van der Waals surface area (Å²) in [5, 5.41) is 9.65. The first-order valence-electron chi connectivity index (χ1n) is 11.0. The summed E-state index contributed by atoms with van der Waals surface area (Å²) in [6.45, 7) is 3.20. The van der Waals surface area contributed by atoms with E-state index in [2.05, 4.69) is 11.8 Å². The van der Waals surface area contributed by atoms with Gasteiger partial charge in [0, 0.05) is 24.1 Å². The van der Waals surface area contributed by atoms with Gasteiger partial charge in [-0.15, -0.1) is 0 Å². The zero-order valence-corrected chi connectivity index (χ0v) is 19.7. The third-order valence-corrected chi connectivity index (χ3v) is 5.39.